The second-order valence-electron chi connectivity index (χ2n) is 6.03. The Balaban J connectivity index is 1.93. The number of ether oxygens (including phenoxy) is 1. The molecule has 1 aliphatic rings. The molecule has 0 bridgehead atoms. The Hall–Kier alpha value is -2.60. The second kappa shape index (κ2) is 5.46. The summed E-state index contributed by atoms with van der Waals surface area (Å²) in [4.78, 5) is 8.18. The van der Waals surface area contributed by atoms with Crippen LogP contribution in [0.4, 0.5) is 5.82 Å². The predicted molar refractivity (Wildman–Crippen MR) is 82.9 cm³/mol. The van der Waals surface area contributed by atoms with Crippen molar-refractivity contribution in [1.82, 2.24) is 24.7 Å². The van der Waals surface area contributed by atoms with Gasteiger partial charge in [-0.2, -0.15) is 0 Å². The van der Waals surface area contributed by atoms with Gasteiger partial charge in [-0.3, -0.25) is 0 Å². The summed E-state index contributed by atoms with van der Waals surface area (Å²) < 4.78 is 12.4. The smallest absolute Gasteiger partial charge is 0.249 e. The van der Waals surface area contributed by atoms with Crippen molar-refractivity contribution >= 4 is 16.9 Å². The van der Waals surface area contributed by atoms with E-state index in [9.17, 15) is 15.3 Å². The SMILES string of the molecule is C[C@]1(O)C(n2cc(-c3nnco3)c3c(N)ncnc32)O[C@H](CO)[C@H]1O. The van der Waals surface area contributed by atoms with Crippen molar-refractivity contribution in [2.45, 2.75) is 31.0 Å². The van der Waals surface area contributed by atoms with Crippen molar-refractivity contribution in [2.24, 2.45) is 0 Å². The number of hydrogen-bond donors (Lipinski definition) is 4. The zero-order chi connectivity index (χ0) is 17.8. The molecule has 0 spiro atoms. The third-order valence-corrected chi connectivity index (χ3v) is 4.42. The molecule has 1 saturated heterocycles. The molecule has 4 heterocycles. The lowest BCUT2D eigenvalue weighted by molar-refractivity contribution is -0.0948. The molecule has 4 atom stereocenters. The normalized spacial score (nSPS) is 29.5. The van der Waals surface area contributed by atoms with Crippen LogP contribution in [0.5, 0.6) is 0 Å². The number of nitrogens with two attached hydrogens (primary N) is 1. The first-order valence-electron chi connectivity index (χ1n) is 7.49. The Morgan fingerprint density at radius 3 is 2.84 bits per heavy atom. The van der Waals surface area contributed by atoms with Crippen LogP contribution in [0.25, 0.3) is 22.5 Å². The molecule has 0 aromatic carbocycles. The van der Waals surface area contributed by atoms with Crippen LogP contribution < -0.4 is 5.73 Å². The van der Waals surface area contributed by atoms with Crippen LogP contribution in [0.15, 0.2) is 23.3 Å². The van der Waals surface area contributed by atoms with Crippen molar-refractivity contribution in [2.75, 3.05) is 12.3 Å². The minimum absolute atomic E-state index is 0.189. The van der Waals surface area contributed by atoms with Crippen molar-refractivity contribution < 1.29 is 24.5 Å². The van der Waals surface area contributed by atoms with E-state index in [1.807, 2.05) is 0 Å². The highest BCUT2D eigenvalue weighted by atomic mass is 16.6. The van der Waals surface area contributed by atoms with Crippen molar-refractivity contribution in [1.29, 1.82) is 0 Å². The number of aliphatic hydroxyl groups is 3. The molecule has 3 aromatic heterocycles. The van der Waals surface area contributed by atoms with Crippen molar-refractivity contribution in [3.05, 3.63) is 18.9 Å². The van der Waals surface area contributed by atoms with Crippen molar-refractivity contribution in [3.63, 3.8) is 0 Å². The summed E-state index contributed by atoms with van der Waals surface area (Å²) in [5.74, 6) is 0.385. The van der Waals surface area contributed by atoms with Crippen LogP contribution in [0, 0.1) is 0 Å². The van der Waals surface area contributed by atoms with Crippen LogP contribution in [-0.4, -0.2) is 64.5 Å². The summed E-state index contributed by atoms with van der Waals surface area (Å²) in [6.45, 7) is 0.974. The maximum atomic E-state index is 10.7. The van der Waals surface area contributed by atoms with Gasteiger partial charge in [-0.1, -0.05) is 0 Å². The first-order valence-corrected chi connectivity index (χ1v) is 7.49. The average Bonchev–Trinajstić information content (AvgIpc) is 3.27. The monoisotopic (exact) mass is 348 g/mol. The topological polar surface area (TPSA) is 166 Å². The van der Waals surface area contributed by atoms with Gasteiger partial charge in [0.05, 0.1) is 17.6 Å². The number of anilines is 1. The van der Waals surface area contributed by atoms with Gasteiger partial charge in [0.25, 0.3) is 0 Å². The molecule has 3 aromatic rings. The van der Waals surface area contributed by atoms with E-state index in [0.29, 0.717) is 16.6 Å². The van der Waals surface area contributed by atoms with Crippen molar-refractivity contribution in [3.8, 4) is 11.5 Å². The zero-order valence-corrected chi connectivity index (χ0v) is 13.1. The first kappa shape index (κ1) is 15.9. The molecule has 1 fully saturated rings. The van der Waals surface area contributed by atoms with E-state index >= 15 is 0 Å². The zero-order valence-electron chi connectivity index (χ0n) is 13.1. The molecule has 4 rings (SSSR count). The lowest BCUT2D eigenvalue weighted by Crippen LogP contribution is -2.44. The minimum atomic E-state index is -1.68. The number of fused-ring (bicyclic) bond motifs is 1. The molecule has 5 N–H and O–H groups in total. The number of rotatable bonds is 3. The predicted octanol–water partition coefficient (Wildman–Crippen LogP) is -0.935. The second-order valence-corrected chi connectivity index (χ2v) is 6.03. The maximum Gasteiger partial charge on any atom is 0.249 e. The summed E-state index contributed by atoms with van der Waals surface area (Å²) in [7, 11) is 0. The molecular weight excluding hydrogens is 332 g/mol. The van der Waals surface area contributed by atoms with E-state index < -0.39 is 30.6 Å². The summed E-state index contributed by atoms with van der Waals surface area (Å²) in [5.41, 5.74) is 5.12. The van der Waals surface area contributed by atoms with E-state index in [4.69, 9.17) is 14.9 Å². The Morgan fingerprint density at radius 2 is 2.20 bits per heavy atom. The van der Waals surface area contributed by atoms with Crippen LogP contribution in [-0.2, 0) is 4.74 Å². The maximum absolute atomic E-state index is 10.7. The fraction of sp³-hybridized carbons (Fsp3) is 0.429. The molecule has 132 valence electrons. The molecule has 0 amide bonds. The molecule has 1 aliphatic heterocycles. The highest BCUT2D eigenvalue weighted by molar-refractivity contribution is 5.98. The molecule has 11 heteroatoms. The van der Waals surface area contributed by atoms with Crippen LogP contribution in [0.2, 0.25) is 0 Å². The average molecular weight is 348 g/mol. The van der Waals surface area contributed by atoms with E-state index in [1.54, 1.807) is 6.20 Å². The molecule has 0 radical (unpaired) electrons. The summed E-state index contributed by atoms with van der Waals surface area (Å²) in [6, 6.07) is 0. The lowest BCUT2D eigenvalue weighted by Gasteiger charge is -2.27. The quantitative estimate of drug-likeness (QED) is 0.464. The number of nitrogens with zero attached hydrogens (tertiary/aromatic N) is 5. The third kappa shape index (κ3) is 2.21. The fourth-order valence-electron chi connectivity index (χ4n) is 3.13. The Kier molecular flexibility index (Phi) is 3.47. The van der Waals surface area contributed by atoms with Crippen LogP contribution in [0.1, 0.15) is 13.2 Å². The van der Waals surface area contributed by atoms with Gasteiger partial charge in [-0.25, -0.2) is 9.97 Å². The van der Waals surface area contributed by atoms with E-state index in [0.717, 1.165) is 0 Å². The van der Waals surface area contributed by atoms with Gasteiger partial charge in [0.1, 0.15) is 35.6 Å². The highest BCUT2D eigenvalue weighted by Gasteiger charge is 2.53. The minimum Gasteiger partial charge on any atom is -0.423 e. The largest absolute Gasteiger partial charge is 0.423 e. The van der Waals surface area contributed by atoms with Gasteiger partial charge in [0, 0.05) is 6.20 Å². The standard InChI is InChI=1S/C14H16N6O5/c1-14(23)9(22)7(3-21)25-13(14)20-2-6(12-19-18-5-24-12)8-10(15)16-4-17-11(8)20/h2,4-5,7,9,13,21-23H,3H2,1H3,(H2,15,16,17)/t7-,9-,13?,14-/m1/s1. The molecular formula is C14H16N6O5. The van der Waals surface area contributed by atoms with Gasteiger partial charge >= 0.3 is 0 Å². The number of aliphatic hydroxyl groups excluding tert-OH is 2. The molecule has 0 aliphatic carbocycles. The van der Waals surface area contributed by atoms with Crippen LogP contribution >= 0.6 is 0 Å². The van der Waals surface area contributed by atoms with Gasteiger partial charge in [-0.15, -0.1) is 10.2 Å². The van der Waals surface area contributed by atoms with E-state index in [-0.39, 0.29) is 11.7 Å². The number of nitrogen functional groups attached to an aromatic ring is 1. The first-order chi connectivity index (χ1) is 11.9. The number of hydrogen-bond acceptors (Lipinski definition) is 10. The van der Waals surface area contributed by atoms with E-state index in [2.05, 4.69) is 20.2 Å². The Bertz CT molecular complexity index is 908. The van der Waals surface area contributed by atoms with Gasteiger partial charge in [0.15, 0.2) is 6.23 Å². The summed E-state index contributed by atoms with van der Waals surface area (Å²) in [5, 5.41) is 38.3. The highest BCUT2D eigenvalue weighted by Crippen LogP contribution is 2.42. The molecule has 0 saturated carbocycles. The third-order valence-electron chi connectivity index (χ3n) is 4.42. The fourth-order valence-corrected chi connectivity index (χ4v) is 3.13. The van der Waals surface area contributed by atoms with Gasteiger partial charge in [0.2, 0.25) is 12.3 Å². The number of aromatic nitrogens is 5. The summed E-state index contributed by atoms with van der Waals surface area (Å²) >= 11 is 0. The summed E-state index contributed by atoms with van der Waals surface area (Å²) in [6.07, 6.45) is 0.777. The Morgan fingerprint density at radius 1 is 1.40 bits per heavy atom. The van der Waals surface area contributed by atoms with E-state index in [1.165, 1.54) is 24.2 Å². The van der Waals surface area contributed by atoms with Gasteiger partial charge < -0.3 is 34.8 Å². The van der Waals surface area contributed by atoms with Crippen LogP contribution in [0.3, 0.4) is 0 Å². The lowest BCUT2D eigenvalue weighted by atomic mass is 9.96. The Labute approximate surface area is 140 Å². The molecule has 25 heavy (non-hydrogen) atoms. The van der Waals surface area contributed by atoms with Gasteiger partial charge in [-0.05, 0) is 6.92 Å². The molecule has 11 nitrogen and oxygen atoms in total. The molecule has 1 unspecified atom stereocenters.